The van der Waals surface area contributed by atoms with Crippen LogP contribution in [0.4, 0.5) is 0 Å². The fourth-order valence-corrected chi connectivity index (χ4v) is 2.65. The molecule has 0 aliphatic heterocycles. The first kappa shape index (κ1) is 22.1. The van der Waals surface area contributed by atoms with E-state index in [9.17, 15) is 9.90 Å². The fourth-order valence-electron chi connectivity index (χ4n) is 2.65. The Morgan fingerprint density at radius 3 is 2.62 bits per heavy atom. The number of allylic oxidation sites excluding steroid dienone is 1. The molecule has 0 heterocycles. The first-order valence-electron chi connectivity index (χ1n) is 9.62. The second-order valence-electron chi connectivity index (χ2n) is 6.47. The van der Waals surface area contributed by atoms with Crippen molar-refractivity contribution in [2.75, 3.05) is 20.8 Å². The third-order valence-electron chi connectivity index (χ3n) is 4.30. The summed E-state index contributed by atoms with van der Waals surface area (Å²) in [6.07, 6.45) is 9.85. The summed E-state index contributed by atoms with van der Waals surface area (Å²) in [5.74, 6) is 0.959. The molecule has 0 aliphatic carbocycles. The van der Waals surface area contributed by atoms with Gasteiger partial charge in [-0.1, -0.05) is 43.7 Å². The summed E-state index contributed by atoms with van der Waals surface area (Å²) in [6.45, 7) is 2.75. The Bertz CT molecular complexity index is 868. The van der Waals surface area contributed by atoms with Crippen LogP contribution in [0.1, 0.15) is 36.5 Å². The van der Waals surface area contributed by atoms with Gasteiger partial charge in [0.2, 0.25) is 0 Å². The van der Waals surface area contributed by atoms with E-state index < -0.39 is 5.97 Å². The summed E-state index contributed by atoms with van der Waals surface area (Å²) in [7, 11) is 2.88. The minimum Gasteiger partial charge on any atom is -0.504 e. The van der Waals surface area contributed by atoms with E-state index in [1.165, 1.54) is 20.3 Å². The zero-order chi connectivity index (χ0) is 21.1. The summed E-state index contributed by atoms with van der Waals surface area (Å²) in [6, 6.07) is 11.1. The number of ether oxygens (including phenoxy) is 3. The normalized spacial score (nSPS) is 11.1. The molecular formula is C24H28O5. The molecule has 2 aromatic carbocycles. The smallest absolute Gasteiger partial charge is 0.330 e. The van der Waals surface area contributed by atoms with Gasteiger partial charge in [0.1, 0.15) is 5.75 Å². The Morgan fingerprint density at radius 1 is 1.07 bits per heavy atom. The van der Waals surface area contributed by atoms with Crippen LogP contribution in [0.5, 0.6) is 17.2 Å². The maximum absolute atomic E-state index is 11.3. The molecule has 1 N–H and O–H groups in total. The summed E-state index contributed by atoms with van der Waals surface area (Å²) >= 11 is 0. The maximum Gasteiger partial charge on any atom is 0.330 e. The van der Waals surface area contributed by atoms with Gasteiger partial charge in [0.15, 0.2) is 11.5 Å². The minimum absolute atomic E-state index is 0.127. The van der Waals surface area contributed by atoms with Crippen LogP contribution in [-0.4, -0.2) is 31.9 Å². The number of hydrogen-bond acceptors (Lipinski definition) is 5. The van der Waals surface area contributed by atoms with Crippen molar-refractivity contribution in [1.29, 1.82) is 0 Å². The quantitative estimate of drug-likeness (QED) is 0.347. The van der Waals surface area contributed by atoms with Crippen LogP contribution in [0.2, 0.25) is 0 Å². The van der Waals surface area contributed by atoms with Crippen molar-refractivity contribution >= 4 is 18.1 Å². The highest BCUT2D eigenvalue weighted by Gasteiger charge is 2.04. The number of unbranched alkanes of at least 4 members (excludes halogenated alkanes) is 1. The predicted octanol–water partition coefficient (Wildman–Crippen LogP) is 5.02. The number of carbonyl (C=O) groups is 1. The van der Waals surface area contributed by atoms with Crippen LogP contribution >= 0.6 is 0 Å². The Hall–Kier alpha value is -3.21. The van der Waals surface area contributed by atoms with Gasteiger partial charge in [-0.15, -0.1) is 0 Å². The average molecular weight is 396 g/mol. The van der Waals surface area contributed by atoms with Gasteiger partial charge in [-0.05, 0) is 48.2 Å². The summed E-state index contributed by atoms with van der Waals surface area (Å²) in [5, 5.41) is 9.70. The Balaban J connectivity index is 2.17. The molecule has 0 fully saturated rings. The van der Waals surface area contributed by atoms with Crippen molar-refractivity contribution in [1.82, 2.24) is 0 Å². The number of hydrogen-bond donors (Lipinski definition) is 1. The molecule has 0 saturated heterocycles. The number of phenolic OH excluding ortho intramolecular Hbond substituents is 1. The summed E-state index contributed by atoms with van der Waals surface area (Å²) < 4.78 is 15.7. The summed E-state index contributed by atoms with van der Waals surface area (Å²) in [4.78, 5) is 11.3. The van der Waals surface area contributed by atoms with Gasteiger partial charge >= 0.3 is 5.97 Å². The van der Waals surface area contributed by atoms with Crippen LogP contribution in [0, 0.1) is 0 Å². The van der Waals surface area contributed by atoms with Crippen LogP contribution in [0.3, 0.4) is 0 Å². The van der Waals surface area contributed by atoms with Gasteiger partial charge < -0.3 is 19.3 Å². The fraction of sp³-hybridized carbons (Fsp3) is 0.292. The molecule has 0 atom stereocenters. The van der Waals surface area contributed by atoms with Crippen LogP contribution in [0.15, 0.2) is 48.6 Å². The van der Waals surface area contributed by atoms with E-state index in [1.54, 1.807) is 12.1 Å². The number of benzene rings is 2. The maximum atomic E-state index is 11.3. The van der Waals surface area contributed by atoms with E-state index in [4.69, 9.17) is 9.47 Å². The Morgan fingerprint density at radius 2 is 1.90 bits per heavy atom. The lowest BCUT2D eigenvalue weighted by molar-refractivity contribution is -0.134. The molecule has 0 radical (unpaired) electrons. The molecule has 5 nitrogen and oxygen atoms in total. The third kappa shape index (κ3) is 7.03. The number of carbonyl (C=O) groups excluding carboxylic acids is 1. The van der Waals surface area contributed by atoms with Crippen molar-refractivity contribution in [3.05, 3.63) is 65.2 Å². The second-order valence-corrected chi connectivity index (χ2v) is 6.47. The number of rotatable bonds is 10. The summed E-state index contributed by atoms with van der Waals surface area (Å²) in [5.41, 5.74) is 2.85. The van der Waals surface area contributed by atoms with Crippen LogP contribution < -0.4 is 9.47 Å². The lowest BCUT2D eigenvalue weighted by atomic mass is 10.1. The van der Waals surface area contributed by atoms with Crippen LogP contribution in [0.25, 0.3) is 12.2 Å². The zero-order valence-corrected chi connectivity index (χ0v) is 17.2. The highest BCUT2D eigenvalue weighted by atomic mass is 16.5. The van der Waals surface area contributed by atoms with Gasteiger partial charge in [-0.25, -0.2) is 4.79 Å². The average Bonchev–Trinajstić information content (AvgIpc) is 2.74. The minimum atomic E-state index is -0.397. The third-order valence-corrected chi connectivity index (χ3v) is 4.30. The molecule has 0 spiro atoms. The van der Waals surface area contributed by atoms with Crippen molar-refractivity contribution in [2.45, 2.75) is 26.2 Å². The Kier molecular flexibility index (Phi) is 8.83. The van der Waals surface area contributed by atoms with Gasteiger partial charge in [0.25, 0.3) is 0 Å². The van der Waals surface area contributed by atoms with E-state index in [0.717, 1.165) is 35.3 Å². The van der Waals surface area contributed by atoms with Gasteiger partial charge in [0, 0.05) is 11.6 Å². The molecule has 2 aromatic rings. The molecule has 0 unspecified atom stereocenters. The van der Waals surface area contributed by atoms with Gasteiger partial charge in [-0.2, -0.15) is 0 Å². The first-order valence-corrected chi connectivity index (χ1v) is 9.62. The number of aromatic hydroxyl groups is 1. The topological polar surface area (TPSA) is 65.0 Å². The lowest BCUT2D eigenvalue weighted by Crippen LogP contribution is -1.99. The van der Waals surface area contributed by atoms with Crippen LogP contribution in [-0.2, 0) is 16.0 Å². The molecule has 0 amide bonds. The van der Waals surface area contributed by atoms with Gasteiger partial charge in [0.05, 0.1) is 20.8 Å². The molecule has 0 aliphatic rings. The second kappa shape index (κ2) is 11.6. The Labute approximate surface area is 172 Å². The number of esters is 1. The molecule has 0 bridgehead atoms. The number of methoxy groups -OCH3 is 2. The van der Waals surface area contributed by atoms with Gasteiger partial charge in [-0.3, -0.25) is 0 Å². The van der Waals surface area contributed by atoms with E-state index in [-0.39, 0.29) is 5.75 Å². The molecule has 0 aromatic heterocycles. The van der Waals surface area contributed by atoms with E-state index >= 15 is 0 Å². The largest absolute Gasteiger partial charge is 0.504 e. The first-order chi connectivity index (χ1) is 14.1. The van der Waals surface area contributed by atoms with Crippen molar-refractivity contribution in [2.24, 2.45) is 0 Å². The molecule has 2 rings (SSSR count). The molecular weight excluding hydrogens is 368 g/mol. The standard InChI is InChI=1S/C24H28O5/c1-4-5-15-29-22-16-19(11-14-24(26)28-3)9-12-20(22)8-6-7-18-10-13-21(25)23(17-18)27-2/h6,8-14,16-17,25H,4-5,7,15H2,1-3H3. The van der Waals surface area contributed by atoms with E-state index in [2.05, 4.69) is 11.7 Å². The number of phenols is 1. The van der Waals surface area contributed by atoms with E-state index in [1.807, 2.05) is 42.5 Å². The van der Waals surface area contributed by atoms with Crippen molar-refractivity contribution < 1.29 is 24.1 Å². The van der Waals surface area contributed by atoms with Crippen molar-refractivity contribution in [3.8, 4) is 17.2 Å². The lowest BCUT2D eigenvalue weighted by Gasteiger charge is -2.10. The molecule has 0 saturated carbocycles. The SMILES string of the molecule is CCCCOc1cc(C=CC(=O)OC)ccc1C=CCc1ccc(O)c(OC)c1. The molecule has 154 valence electrons. The highest BCUT2D eigenvalue weighted by Crippen LogP contribution is 2.27. The molecule has 5 heteroatoms. The molecule has 29 heavy (non-hydrogen) atoms. The highest BCUT2D eigenvalue weighted by molar-refractivity contribution is 5.87. The predicted molar refractivity (Wildman–Crippen MR) is 115 cm³/mol. The van der Waals surface area contributed by atoms with Crippen molar-refractivity contribution in [3.63, 3.8) is 0 Å². The van der Waals surface area contributed by atoms with E-state index in [0.29, 0.717) is 18.8 Å². The zero-order valence-electron chi connectivity index (χ0n) is 17.2. The monoisotopic (exact) mass is 396 g/mol.